The zero-order chi connectivity index (χ0) is 12.7. The van der Waals surface area contributed by atoms with E-state index in [1.54, 1.807) is 12.1 Å². The number of carbonyl (C=O) groups excluding carboxylic acids is 1. The van der Waals surface area contributed by atoms with Crippen LogP contribution in [0, 0.1) is 0 Å². The first-order valence-electron chi connectivity index (χ1n) is 5.21. The van der Waals surface area contributed by atoms with E-state index in [0.717, 1.165) is 5.57 Å². The Balaban J connectivity index is 2.25. The topological polar surface area (TPSA) is 51.2 Å². The number of hydrogen-bond donors (Lipinski definition) is 1. The fourth-order valence-electron chi connectivity index (χ4n) is 1.08. The Bertz CT molecular complexity index is 390. The van der Waals surface area contributed by atoms with Crippen molar-refractivity contribution in [2.45, 2.75) is 6.92 Å². The van der Waals surface area contributed by atoms with Gasteiger partial charge < -0.3 is 10.1 Å². The second-order valence-electron chi connectivity index (χ2n) is 3.63. The number of hydrogen-bond acceptors (Lipinski definition) is 3. The van der Waals surface area contributed by atoms with Gasteiger partial charge in [-0.3, -0.25) is 4.79 Å². The van der Waals surface area contributed by atoms with Crippen LogP contribution in [0.25, 0.3) is 0 Å². The number of nitrogens with zero attached hydrogens (tertiary/aromatic N) is 1. The van der Waals surface area contributed by atoms with Gasteiger partial charge in [-0.15, -0.1) is 0 Å². The number of ether oxygens (including phenoxy) is 1. The molecule has 0 unspecified atom stereocenters. The Kier molecular flexibility index (Phi) is 5.66. The van der Waals surface area contributed by atoms with Crippen LogP contribution in [-0.2, 0) is 4.74 Å². The molecule has 17 heavy (non-hydrogen) atoms. The minimum Gasteiger partial charge on any atom is -0.375 e. The first kappa shape index (κ1) is 13.7. The van der Waals surface area contributed by atoms with Crippen LogP contribution in [0.3, 0.4) is 0 Å². The van der Waals surface area contributed by atoms with Gasteiger partial charge in [-0.2, -0.15) is 0 Å². The van der Waals surface area contributed by atoms with Crippen molar-refractivity contribution in [3.63, 3.8) is 0 Å². The van der Waals surface area contributed by atoms with Gasteiger partial charge in [0.2, 0.25) is 0 Å². The number of pyridine rings is 1. The Labute approximate surface area is 106 Å². The van der Waals surface area contributed by atoms with Crippen LogP contribution in [0.15, 0.2) is 30.5 Å². The van der Waals surface area contributed by atoms with Gasteiger partial charge in [-0.1, -0.05) is 23.8 Å². The lowest BCUT2D eigenvalue weighted by molar-refractivity contribution is 0.0922. The molecule has 0 fully saturated rings. The molecule has 1 amide bonds. The molecule has 0 aliphatic carbocycles. The second kappa shape index (κ2) is 7.04. The summed E-state index contributed by atoms with van der Waals surface area (Å²) in [6.07, 6.45) is 1.44. The average molecular weight is 255 g/mol. The van der Waals surface area contributed by atoms with Crippen molar-refractivity contribution in [2.75, 3.05) is 19.8 Å². The molecule has 1 rings (SSSR count). The highest BCUT2D eigenvalue weighted by Gasteiger charge is 2.05. The maximum Gasteiger partial charge on any atom is 0.269 e. The lowest BCUT2D eigenvalue weighted by Crippen LogP contribution is -2.28. The van der Waals surface area contributed by atoms with Crippen LogP contribution in [0.2, 0.25) is 5.02 Å². The fraction of sp³-hybridized carbons (Fsp3) is 0.333. The minimum absolute atomic E-state index is 0.236. The van der Waals surface area contributed by atoms with Gasteiger partial charge >= 0.3 is 0 Å². The highest BCUT2D eigenvalue weighted by molar-refractivity contribution is 6.30. The molecule has 0 aromatic carbocycles. The van der Waals surface area contributed by atoms with Crippen molar-refractivity contribution in [2.24, 2.45) is 0 Å². The summed E-state index contributed by atoms with van der Waals surface area (Å²) < 4.78 is 5.24. The molecule has 5 heteroatoms. The van der Waals surface area contributed by atoms with Crippen LogP contribution in [0.1, 0.15) is 17.4 Å². The molecule has 0 saturated heterocycles. The van der Waals surface area contributed by atoms with Crippen molar-refractivity contribution in [3.05, 3.63) is 41.2 Å². The molecule has 0 atom stereocenters. The van der Waals surface area contributed by atoms with Crippen molar-refractivity contribution >= 4 is 17.5 Å². The van der Waals surface area contributed by atoms with Gasteiger partial charge in [0.25, 0.3) is 5.91 Å². The molecule has 1 aromatic heterocycles. The third-order valence-electron chi connectivity index (χ3n) is 1.84. The van der Waals surface area contributed by atoms with Gasteiger partial charge in [0.05, 0.1) is 18.2 Å². The third kappa shape index (κ3) is 5.47. The fourth-order valence-corrected chi connectivity index (χ4v) is 1.20. The van der Waals surface area contributed by atoms with E-state index in [-0.39, 0.29) is 5.91 Å². The van der Waals surface area contributed by atoms with Crippen LogP contribution in [0.5, 0.6) is 0 Å². The van der Waals surface area contributed by atoms with E-state index in [0.29, 0.717) is 30.5 Å². The maximum atomic E-state index is 11.6. The maximum absolute atomic E-state index is 11.6. The molecule has 0 saturated carbocycles. The lowest BCUT2D eigenvalue weighted by atomic mass is 10.3. The molecule has 0 bridgehead atoms. The van der Waals surface area contributed by atoms with E-state index >= 15 is 0 Å². The molecular formula is C12H15ClN2O2. The molecule has 0 aliphatic heterocycles. The van der Waals surface area contributed by atoms with Crippen LogP contribution >= 0.6 is 11.6 Å². The third-order valence-corrected chi connectivity index (χ3v) is 2.06. The van der Waals surface area contributed by atoms with Crippen LogP contribution in [0.4, 0.5) is 0 Å². The summed E-state index contributed by atoms with van der Waals surface area (Å²) in [7, 11) is 0. The molecule has 4 nitrogen and oxygen atoms in total. The van der Waals surface area contributed by atoms with Gasteiger partial charge in [-0.25, -0.2) is 4.98 Å². The second-order valence-corrected chi connectivity index (χ2v) is 4.06. The van der Waals surface area contributed by atoms with Crippen molar-refractivity contribution in [3.8, 4) is 0 Å². The number of carbonyl (C=O) groups is 1. The Morgan fingerprint density at radius 2 is 2.35 bits per heavy atom. The molecule has 92 valence electrons. The summed E-state index contributed by atoms with van der Waals surface area (Å²) in [5.41, 5.74) is 1.30. The molecule has 1 N–H and O–H groups in total. The smallest absolute Gasteiger partial charge is 0.269 e. The standard InChI is InChI=1S/C12H15ClN2O2/c1-9(2)8-17-6-5-14-12(16)11-4-3-10(13)7-15-11/h3-4,7H,1,5-6,8H2,2H3,(H,14,16). The molecule has 1 heterocycles. The van der Waals surface area contributed by atoms with Crippen LogP contribution in [-0.4, -0.2) is 30.6 Å². The normalized spacial score (nSPS) is 10.0. The number of nitrogens with one attached hydrogen (secondary N) is 1. The van der Waals surface area contributed by atoms with E-state index in [2.05, 4.69) is 16.9 Å². The van der Waals surface area contributed by atoms with Gasteiger partial charge in [-0.05, 0) is 19.1 Å². The van der Waals surface area contributed by atoms with E-state index < -0.39 is 0 Å². The summed E-state index contributed by atoms with van der Waals surface area (Å²) in [5.74, 6) is -0.236. The summed E-state index contributed by atoms with van der Waals surface area (Å²) in [6.45, 7) is 6.99. The molecule has 1 aromatic rings. The van der Waals surface area contributed by atoms with Gasteiger partial charge in [0, 0.05) is 12.7 Å². The summed E-state index contributed by atoms with van der Waals surface area (Å²) in [4.78, 5) is 15.5. The number of amides is 1. The zero-order valence-electron chi connectivity index (χ0n) is 9.70. The first-order chi connectivity index (χ1) is 8.09. The largest absolute Gasteiger partial charge is 0.375 e. The Morgan fingerprint density at radius 3 is 2.94 bits per heavy atom. The Hall–Kier alpha value is -1.39. The van der Waals surface area contributed by atoms with E-state index in [4.69, 9.17) is 16.3 Å². The Morgan fingerprint density at radius 1 is 1.59 bits per heavy atom. The summed E-state index contributed by atoms with van der Waals surface area (Å²) >= 11 is 5.67. The number of rotatable bonds is 6. The summed E-state index contributed by atoms with van der Waals surface area (Å²) in [6, 6.07) is 3.20. The first-order valence-corrected chi connectivity index (χ1v) is 5.59. The highest BCUT2D eigenvalue weighted by Crippen LogP contribution is 2.05. The molecule has 0 radical (unpaired) electrons. The molecular weight excluding hydrogens is 240 g/mol. The zero-order valence-corrected chi connectivity index (χ0v) is 10.5. The van der Waals surface area contributed by atoms with E-state index in [1.165, 1.54) is 6.20 Å². The predicted molar refractivity (Wildman–Crippen MR) is 67.2 cm³/mol. The molecule has 0 aliphatic rings. The summed E-state index contributed by atoms with van der Waals surface area (Å²) in [5, 5.41) is 3.20. The predicted octanol–water partition coefficient (Wildman–Crippen LogP) is 2.06. The van der Waals surface area contributed by atoms with Crippen molar-refractivity contribution < 1.29 is 9.53 Å². The van der Waals surface area contributed by atoms with E-state index in [1.807, 2.05) is 6.92 Å². The number of aromatic nitrogens is 1. The quantitative estimate of drug-likeness (QED) is 0.625. The SMILES string of the molecule is C=C(C)COCCNC(=O)c1ccc(Cl)cn1. The number of halogens is 1. The van der Waals surface area contributed by atoms with Gasteiger partial charge in [0.1, 0.15) is 5.69 Å². The van der Waals surface area contributed by atoms with Crippen molar-refractivity contribution in [1.82, 2.24) is 10.3 Å². The van der Waals surface area contributed by atoms with Crippen molar-refractivity contribution in [1.29, 1.82) is 0 Å². The van der Waals surface area contributed by atoms with Crippen LogP contribution < -0.4 is 5.32 Å². The monoisotopic (exact) mass is 254 g/mol. The van der Waals surface area contributed by atoms with E-state index in [9.17, 15) is 4.79 Å². The average Bonchev–Trinajstić information content (AvgIpc) is 2.29. The highest BCUT2D eigenvalue weighted by atomic mass is 35.5. The van der Waals surface area contributed by atoms with Gasteiger partial charge in [0.15, 0.2) is 0 Å². The molecule has 0 spiro atoms. The minimum atomic E-state index is -0.236. The lowest BCUT2D eigenvalue weighted by Gasteiger charge is -2.05.